The van der Waals surface area contributed by atoms with Gasteiger partial charge in [0.05, 0.1) is 0 Å². The monoisotopic (exact) mass is 402 g/mol. The first-order valence-electron chi connectivity index (χ1n) is 11.4. The fourth-order valence-electron chi connectivity index (χ4n) is 8.61. The third-order valence-electron chi connectivity index (χ3n) is 10.3. The second kappa shape index (κ2) is 6.60. The van der Waals surface area contributed by atoms with Crippen LogP contribution in [0, 0.1) is 46.3 Å². The molecule has 162 valence electrons. The lowest BCUT2D eigenvalue weighted by atomic mass is 9.43. The Labute approximate surface area is 167 Å². The zero-order valence-electron chi connectivity index (χ0n) is 17.6. The van der Waals surface area contributed by atoms with Crippen LogP contribution in [0.3, 0.4) is 0 Å². The Morgan fingerprint density at radius 3 is 2.25 bits per heavy atom. The van der Waals surface area contributed by atoms with Crippen LogP contribution in [0.1, 0.15) is 78.6 Å². The Balaban J connectivity index is 1.57. The van der Waals surface area contributed by atoms with E-state index in [1.165, 1.54) is 12.8 Å². The van der Waals surface area contributed by atoms with Crippen LogP contribution in [-0.4, -0.2) is 28.6 Å². The minimum Gasteiger partial charge on any atom is -0.396 e. The number of halogens is 3. The normalized spacial score (nSPS) is 52.5. The fourth-order valence-corrected chi connectivity index (χ4v) is 8.61. The molecule has 0 aromatic carbocycles. The zero-order valence-corrected chi connectivity index (χ0v) is 17.6. The van der Waals surface area contributed by atoms with E-state index in [1.54, 1.807) is 0 Å². The van der Waals surface area contributed by atoms with E-state index >= 15 is 0 Å². The SMILES string of the molecule is C[C@H](CO)[C@H]1CC[C@H]2[C@@H]3CC[C@@H]4C[C@@](O)(C(F)(F)F)CC[C@]4(C)[C@H]3CC[C@]12C. The van der Waals surface area contributed by atoms with Crippen LogP contribution in [-0.2, 0) is 0 Å². The summed E-state index contributed by atoms with van der Waals surface area (Å²) in [5.41, 5.74) is -2.28. The third kappa shape index (κ3) is 2.81. The number of aliphatic hydroxyl groups excluding tert-OH is 1. The van der Waals surface area contributed by atoms with Gasteiger partial charge in [0.2, 0.25) is 0 Å². The minimum absolute atomic E-state index is 0.0213. The summed E-state index contributed by atoms with van der Waals surface area (Å²) in [5, 5.41) is 20.0. The molecule has 2 N–H and O–H groups in total. The Kier molecular flexibility index (Phi) is 4.94. The van der Waals surface area contributed by atoms with Crippen molar-refractivity contribution >= 4 is 0 Å². The molecule has 0 unspecified atom stereocenters. The number of rotatable bonds is 2. The van der Waals surface area contributed by atoms with Gasteiger partial charge in [0, 0.05) is 6.61 Å². The first-order chi connectivity index (χ1) is 13.0. The summed E-state index contributed by atoms with van der Waals surface area (Å²) in [4.78, 5) is 0. The van der Waals surface area contributed by atoms with Gasteiger partial charge in [0.1, 0.15) is 0 Å². The predicted octanol–water partition coefficient (Wildman–Crippen LogP) is 5.57. The van der Waals surface area contributed by atoms with Gasteiger partial charge in [-0.15, -0.1) is 0 Å². The molecule has 28 heavy (non-hydrogen) atoms. The molecular formula is C23H37F3O2. The van der Waals surface area contributed by atoms with Crippen molar-refractivity contribution in [1.29, 1.82) is 0 Å². The molecule has 4 aliphatic carbocycles. The quantitative estimate of drug-likeness (QED) is 0.634. The highest BCUT2D eigenvalue weighted by molar-refractivity contribution is 5.11. The lowest BCUT2D eigenvalue weighted by Crippen LogP contribution is -2.59. The molecule has 2 nitrogen and oxygen atoms in total. The molecule has 0 radical (unpaired) electrons. The van der Waals surface area contributed by atoms with Crippen molar-refractivity contribution in [3.8, 4) is 0 Å². The molecule has 0 aromatic rings. The molecule has 5 heteroatoms. The van der Waals surface area contributed by atoms with Crippen molar-refractivity contribution in [3.05, 3.63) is 0 Å². The van der Waals surface area contributed by atoms with E-state index in [4.69, 9.17) is 0 Å². The molecule has 4 aliphatic rings. The summed E-state index contributed by atoms with van der Waals surface area (Å²) in [7, 11) is 0. The van der Waals surface area contributed by atoms with E-state index in [0.29, 0.717) is 36.0 Å². The Bertz CT molecular complexity index is 607. The molecule has 0 bridgehead atoms. The van der Waals surface area contributed by atoms with Crippen LogP contribution in [0.5, 0.6) is 0 Å². The van der Waals surface area contributed by atoms with Crippen LogP contribution in [0.2, 0.25) is 0 Å². The Morgan fingerprint density at radius 1 is 0.929 bits per heavy atom. The van der Waals surface area contributed by atoms with Gasteiger partial charge in [-0.1, -0.05) is 20.8 Å². The van der Waals surface area contributed by atoms with Crippen LogP contribution in [0.15, 0.2) is 0 Å². The average Bonchev–Trinajstić information content (AvgIpc) is 2.98. The molecule has 0 aromatic heterocycles. The summed E-state index contributed by atoms with van der Waals surface area (Å²) in [6, 6.07) is 0. The number of hydrogen-bond donors (Lipinski definition) is 2. The maximum atomic E-state index is 13.5. The average molecular weight is 403 g/mol. The summed E-state index contributed by atoms with van der Waals surface area (Å²) in [6.07, 6.45) is 2.19. The lowest BCUT2D eigenvalue weighted by molar-refractivity contribution is -0.290. The number of hydrogen-bond acceptors (Lipinski definition) is 2. The van der Waals surface area contributed by atoms with Gasteiger partial charge < -0.3 is 10.2 Å². The molecule has 0 aliphatic heterocycles. The van der Waals surface area contributed by atoms with Crippen LogP contribution < -0.4 is 0 Å². The second-order valence-electron chi connectivity index (χ2n) is 11.3. The zero-order chi connectivity index (χ0) is 20.5. The number of fused-ring (bicyclic) bond motifs is 5. The number of aliphatic hydroxyl groups is 2. The van der Waals surface area contributed by atoms with Crippen molar-refractivity contribution in [2.24, 2.45) is 46.3 Å². The highest BCUT2D eigenvalue weighted by Crippen LogP contribution is 2.69. The van der Waals surface area contributed by atoms with E-state index in [9.17, 15) is 23.4 Å². The highest BCUT2D eigenvalue weighted by Gasteiger charge is 2.65. The van der Waals surface area contributed by atoms with Crippen molar-refractivity contribution in [1.82, 2.24) is 0 Å². The molecule has 0 spiro atoms. The molecule has 9 atom stereocenters. The van der Waals surface area contributed by atoms with E-state index in [-0.39, 0.29) is 36.2 Å². The van der Waals surface area contributed by atoms with Gasteiger partial charge in [-0.3, -0.25) is 0 Å². The van der Waals surface area contributed by atoms with Crippen molar-refractivity contribution in [2.45, 2.75) is 90.3 Å². The van der Waals surface area contributed by atoms with E-state index < -0.39 is 11.8 Å². The van der Waals surface area contributed by atoms with Crippen molar-refractivity contribution < 1.29 is 23.4 Å². The van der Waals surface area contributed by atoms with E-state index in [1.807, 2.05) is 0 Å². The molecule has 0 amide bonds. The molecule has 0 heterocycles. The van der Waals surface area contributed by atoms with Gasteiger partial charge in [0.25, 0.3) is 0 Å². The van der Waals surface area contributed by atoms with Crippen LogP contribution in [0.4, 0.5) is 13.2 Å². The standard InChI is InChI=1S/C23H37F3O2/c1-14(13-27)17-6-7-18-16-5-4-15-12-22(28,23(24,25)26)11-10-20(15,2)19(16)8-9-21(17,18)3/h14-19,27-28H,4-13H2,1-3H3/t14-,15-,16+,17-,18+,19+,20+,21-,22-/m1/s1. The minimum atomic E-state index is -4.52. The first-order valence-corrected chi connectivity index (χ1v) is 11.4. The lowest BCUT2D eigenvalue weighted by Gasteiger charge is -2.62. The second-order valence-corrected chi connectivity index (χ2v) is 11.3. The van der Waals surface area contributed by atoms with Crippen LogP contribution in [0.25, 0.3) is 0 Å². The Morgan fingerprint density at radius 2 is 1.61 bits per heavy atom. The van der Waals surface area contributed by atoms with Gasteiger partial charge in [-0.25, -0.2) is 0 Å². The maximum absolute atomic E-state index is 13.5. The van der Waals surface area contributed by atoms with E-state index in [0.717, 1.165) is 25.7 Å². The van der Waals surface area contributed by atoms with Crippen molar-refractivity contribution in [3.63, 3.8) is 0 Å². The fraction of sp³-hybridized carbons (Fsp3) is 1.00. The summed E-state index contributed by atoms with van der Waals surface area (Å²) in [5.74, 6) is 2.61. The predicted molar refractivity (Wildman–Crippen MR) is 102 cm³/mol. The van der Waals surface area contributed by atoms with E-state index in [2.05, 4.69) is 20.8 Å². The van der Waals surface area contributed by atoms with Gasteiger partial charge in [0.15, 0.2) is 5.60 Å². The van der Waals surface area contributed by atoms with Crippen molar-refractivity contribution in [2.75, 3.05) is 6.61 Å². The third-order valence-corrected chi connectivity index (χ3v) is 10.3. The molecule has 4 saturated carbocycles. The summed E-state index contributed by atoms with van der Waals surface area (Å²) in [6.45, 7) is 7.07. The number of alkyl halides is 3. The van der Waals surface area contributed by atoms with Gasteiger partial charge in [-0.2, -0.15) is 13.2 Å². The summed E-state index contributed by atoms with van der Waals surface area (Å²) >= 11 is 0. The topological polar surface area (TPSA) is 40.5 Å². The van der Waals surface area contributed by atoms with Gasteiger partial charge >= 0.3 is 6.18 Å². The largest absolute Gasteiger partial charge is 0.417 e. The molecule has 4 rings (SSSR count). The first kappa shape index (κ1) is 21.0. The molecule has 0 saturated heterocycles. The maximum Gasteiger partial charge on any atom is 0.417 e. The molecular weight excluding hydrogens is 365 g/mol. The Hall–Kier alpha value is -0.290. The summed E-state index contributed by atoms with van der Waals surface area (Å²) < 4.78 is 40.4. The van der Waals surface area contributed by atoms with Gasteiger partial charge in [-0.05, 0) is 104 Å². The smallest absolute Gasteiger partial charge is 0.396 e. The van der Waals surface area contributed by atoms with Crippen LogP contribution >= 0.6 is 0 Å². The highest BCUT2D eigenvalue weighted by atomic mass is 19.4. The molecule has 4 fully saturated rings.